The van der Waals surface area contributed by atoms with Crippen molar-refractivity contribution in [3.63, 3.8) is 0 Å². The molecule has 0 radical (unpaired) electrons. The van der Waals surface area contributed by atoms with Gasteiger partial charge in [-0.05, 0) is 24.6 Å². The molecule has 0 aromatic heterocycles. The van der Waals surface area contributed by atoms with Crippen molar-refractivity contribution >= 4 is 37.8 Å². The summed E-state index contributed by atoms with van der Waals surface area (Å²) >= 11 is 3.19. The summed E-state index contributed by atoms with van der Waals surface area (Å²) in [5, 5.41) is 11.5. The number of halogens is 1. The van der Waals surface area contributed by atoms with Crippen LogP contribution >= 0.6 is 15.9 Å². The lowest BCUT2D eigenvalue weighted by Crippen LogP contribution is -2.59. The molecule has 1 aromatic rings. The lowest BCUT2D eigenvalue weighted by Gasteiger charge is -2.32. The average molecular weight is 377 g/mol. The van der Waals surface area contributed by atoms with E-state index in [0.29, 0.717) is 10.0 Å². The fraction of sp³-hybridized carbons (Fsp3) is 0.333. The van der Waals surface area contributed by atoms with Crippen molar-refractivity contribution in [1.29, 1.82) is 0 Å². The normalized spacial score (nSPS) is 20.1. The first-order chi connectivity index (χ1) is 9.73. The van der Waals surface area contributed by atoms with Crippen molar-refractivity contribution in [2.45, 2.75) is 17.9 Å². The first-order valence-corrected chi connectivity index (χ1v) is 8.24. The molecule has 2 rings (SSSR count). The number of amides is 1. The zero-order valence-electron chi connectivity index (χ0n) is 11.0. The molecule has 1 unspecified atom stereocenters. The smallest absolute Gasteiger partial charge is 0.323 e. The third-order valence-corrected chi connectivity index (χ3v) is 5.65. The van der Waals surface area contributed by atoms with Gasteiger partial charge in [-0.1, -0.05) is 22.0 Å². The Morgan fingerprint density at radius 3 is 2.76 bits per heavy atom. The Morgan fingerprint density at radius 2 is 2.14 bits per heavy atom. The number of benzene rings is 1. The monoisotopic (exact) mass is 376 g/mol. The van der Waals surface area contributed by atoms with Gasteiger partial charge in [0.05, 0.1) is 11.4 Å². The van der Waals surface area contributed by atoms with E-state index >= 15 is 0 Å². The number of aryl methyl sites for hydroxylation is 1. The molecule has 1 aliphatic rings. The summed E-state index contributed by atoms with van der Waals surface area (Å²) < 4.78 is 26.6. The van der Waals surface area contributed by atoms with E-state index in [1.165, 1.54) is 6.07 Å². The molecule has 2 N–H and O–H groups in total. The van der Waals surface area contributed by atoms with Gasteiger partial charge < -0.3 is 10.4 Å². The number of carboxylic acids is 1. The molecule has 1 fully saturated rings. The predicted octanol–water partition coefficient (Wildman–Crippen LogP) is 0.331. The molecule has 0 saturated carbocycles. The summed E-state index contributed by atoms with van der Waals surface area (Å²) in [4.78, 5) is 22.7. The number of carboxylic acid groups (broad SMARTS) is 1. The topological polar surface area (TPSA) is 104 Å². The summed E-state index contributed by atoms with van der Waals surface area (Å²) in [6.07, 6.45) is 0. The summed E-state index contributed by atoms with van der Waals surface area (Å²) in [5.41, 5.74) is 0.480. The van der Waals surface area contributed by atoms with Gasteiger partial charge >= 0.3 is 5.97 Å². The number of nitrogens with zero attached hydrogens (tertiary/aromatic N) is 1. The Kier molecular flexibility index (Phi) is 4.35. The first kappa shape index (κ1) is 15.9. The highest BCUT2D eigenvalue weighted by atomic mass is 79.9. The summed E-state index contributed by atoms with van der Waals surface area (Å²) in [6.45, 7) is 0.852. The molecule has 1 atom stereocenters. The number of aliphatic carboxylic acids is 1. The van der Waals surface area contributed by atoms with E-state index in [1.807, 2.05) is 0 Å². The van der Waals surface area contributed by atoms with Crippen molar-refractivity contribution < 1.29 is 23.1 Å². The van der Waals surface area contributed by atoms with E-state index in [1.54, 1.807) is 19.1 Å². The highest BCUT2D eigenvalue weighted by Crippen LogP contribution is 2.26. The minimum absolute atomic E-state index is 0.0159. The Balaban J connectivity index is 2.52. The van der Waals surface area contributed by atoms with Crippen LogP contribution < -0.4 is 5.32 Å². The second kappa shape index (κ2) is 5.74. The van der Waals surface area contributed by atoms with Gasteiger partial charge in [0.25, 0.3) is 0 Å². The molecule has 0 aliphatic carbocycles. The molecule has 9 heteroatoms. The van der Waals surface area contributed by atoms with Crippen LogP contribution in [0.4, 0.5) is 0 Å². The Hall–Kier alpha value is -1.45. The maximum atomic E-state index is 12.7. The first-order valence-electron chi connectivity index (χ1n) is 6.01. The van der Waals surface area contributed by atoms with Gasteiger partial charge in [-0.15, -0.1) is 0 Å². The molecule has 7 nitrogen and oxygen atoms in total. The molecule has 0 spiro atoms. The zero-order chi connectivity index (χ0) is 15.8. The molecule has 0 bridgehead atoms. The number of hydrogen-bond donors (Lipinski definition) is 2. The molecular weight excluding hydrogens is 364 g/mol. The SMILES string of the molecule is Cc1ccc(Br)cc1S(=O)(=O)N1CC(=O)NCC1C(=O)O. The van der Waals surface area contributed by atoms with Gasteiger partial charge in [0.15, 0.2) is 0 Å². The Morgan fingerprint density at radius 1 is 1.48 bits per heavy atom. The lowest BCUT2D eigenvalue weighted by atomic mass is 10.2. The Bertz CT molecular complexity index is 704. The summed E-state index contributed by atoms with van der Waals surface area (Å²) in [7, 11) is -4.08. The predicted molar refractivity (Wildman–Crippen MR) is 77.2 cm³/mol. The van der Waals surface area contributed by atoms with Crippen LogP contribution in [0, 0.1) is 6.92 Å². The van der Waals surface area contributed by atoms with E-state index in [4.69, 9.17) is 5.11 Å². The standard InChI is InChI=1S/C12H13BrN2O5S/c1-7-2-3-8(13)4-10(7)21(19,20)15-6-11(16)14-5-9(15)12(17)18/h2-4,9H,5-6H2,1H3,(H,14,16)(H,17,18). The fourth-order valence-electron chi connectivity index (χ4n) is 2.06. The van der Waals surface area contributed by atoms with Gasteiger partial charge in [-0.3, -0.25) is 9.59 Å². The third-order valence-electron chi connectivity index (χ3n) is 3.16. The van der Waals surface area contributed by atoms with Gasteiger partial charge in [0, 0.05) is 11.0 Å². The molecule has 1 aromatic carbocycles. The molecule has 21 heavy (non-hydrogen) atoms. The van der Waals surface area contributed by atoms with E-state index < -0.39 is 34.5 Å². The van der Waals surface area contributed by atoms with Crippen LogP contribution in [-0.2, 0) is 19.6 Å². The van der Waals surface area contributed by atoms with Crippen LogP contribution in [-0.4, -0.2) is 48.8 Å². The average Bonchev–Trinajstić information content (AvgIpc) is 2.41. The highest BCUT2D eigenvalue weighted by Gasteiger charge is 2.40. The fourth-order valence-corrected chi connectivity index (χ4v) is 4.36. The second-order valence-corrected chi connectivity index (χ2v) is 7.39. The molecule has 1 aliphatic heterocycles. The molecular formula is C12H13BrN2O5S. The van der Waals surface area contributed by atoms with Crippen LogP contribution in [0.1, 0.15) is 5.56 Å². The lowest BCUT2D eigenvalue weighted by molar-refractivity contribution is -0.143. The summed E-state index contributed by atoms with van der Waals surface area (Å²) in [6, 6.07) is 3.38. The Labute approximate surface area is 130 Å². The quantitative estimate of drug-likeness (QED) is 0.790. The van der Waals surface area contributed by atoms with Crippen LogP contribution in [0.5, 0.6) is 0 Å². The third kappa shape index (κ3) is 3.09. The van der Waals surface area contributed by atoms with Gasteiger partial charge in [0.1, 0.15) is 6.04 Å². The van der Waals surface area contributed by atoms with Crippen LogP contribution in [0.15, 0.2) is 27.6 Å². The van der Waals surface area contributed by atoms with Crippen LogP contribution in [0.3, 0.4) is 0 Å². The van der Waals surface area contributed by atoms with Gasteiger partial charge in [0.2, 0.25) is 15.9 Å². The van der Waals surface area contributed by atoms with Crippen molar-refractivity contribution in [2.24, 2.45) is 0 Å². The van der Waals surface area contributed by atoms with E-state index in [-0.39, 0.29) is 11.4 Å². The van der Waals surface area contributed by atoms with Crippen LogP contribution in [0.25, 0.3) is 0 Å². The number of rotatable bonds is 3. The maximum Gasteiger partial charge on any atom is 0.323 e. The largest absolute Gasteiger partial charge is 0.480 e. The van der Waals surface area contributed by atoms with Crippen molar-refractivity contribution in [2.75, 3.05) is 13.1 Å². The number of sulfonamides is 1. The second-order valence-electron chi connectivity index (χ2n) is 4.62. The molecule has 114 valence electrons. The molecule has 1 saturated heterocycles. The van der Waals surface area contributed by atoms with E-state index in [0.717, 1.165) is 4.31 Å². The van der Waals surface area contributed by atoms with Crippen molar-refractivity contribution in [3.05, 3.63) is 28.2 Å². The summed E-state index contributed by atoms with van der Waals surface area (Å²) in [5.74, 6) is -1.82. The van der Waals surface area contributed by atoms with E-state index in [9.17, 15) is 18.0 Å². The number of carbonyl (C=O) groups is 2. The number of piperazine rings is 1. The number of carbonyl (C=O) groups excluding carboxylic acids is 1. The van der Waals surface area contributed by atoms with Gasteiger partial charge in [-0.2, -0.15) is 4.31 Å². The maximum absolute atomic E-state index is 12.7. The van der Waals surface area contributed by atoms with E-state index in [2.05, 4.69) is 21.2 Å². The number of hydrogen-bond acceptors (Lipinski definition) is 4. The minimum atomic E-state index is -4.08. The highest BCUT2D eigenvalue weighted by molar-refractivity contribution is 9.10. The minimum Gasteiger partial charge on any atom is -0.480 e. The van der Waals surface area contributed by atoms with Gasteiger partial charge in [-0.25, -0.2) is 8.42 Å². The molecule has 1 amide bonds. The van der Waals surface area contributed by atoms with Crippen LogP contribution in [0.2, 0.25) is 0 Å². The zero-order valence-corrected chi connectivity index (χ0v) is 13.4. The number of nitrogens with one attached hydrogen (secondary N) is 1. The van der Waals surface area contributed by atoms with Crippen molar-refractivity contribution in [3.8, 4) is 0 Å². The van der Waals surface area contributed by atoms with Crippen molar-refractivity contribution in [1.82, 2.24) is 9.62 Å². The molecule has 1 heterocycles.